The van der Waals surface area contributed by atoms with E-state index in [9.17, 15) is 4.79 Å². The van der Waals surface area contributed by atoms with Gasteiger partial charge < -0.3 is 10.1 Å². The number of carbonyl (C=O) groups is 1. The minimum absolute atomic E-state index is 0.208. The van der Waals surface area contributed by atoms with Gasteiger partial charge in [0.2, 0.25) is 0 Å². The van der Waals surface area contributed by atoms with Gasteiger partial charge in [0.25, 0.3) is 5.91 Å². The van der Waals surface area contributed by atoms with Gasteiger partial charge in [0.05, 0.1) is 5.69 Å². The molecule has 0 radical (unpaired) electrons. The minimum atomic E-state index is -0.208. The van der Waals surface area contributed by atoms with E-state index >= 15 is 0 Å². The van der Waals surface area contributed by atoms with Gasteiger partial charge in [-0.1, -0.05) is 36.4 Å². The van der Waals surface area contributed by atoms with Gasteiger partial charge in [0, 0.05) is 11.3 Å². The number of carbonyl (C=O) groups excluding carboxylic acids is 1. The lowest BCUT2D eigenvalue weighted by Crippen LogP contribution is -2.12. The summed E-state index contributed by atoms with van der Waals surface area (Å²) < 4.78 is 7.33. The lowest BCUT2D eigenvalue weighted by Gasteiger charge is -2.09. The highest BCUT2D eigenvalue weighted by molar-refractivity contribution is 6.04. The Balaban J connectivity index is 1.40. The van der Waals surface area contributed by atoms with Gasteiger partial charge in [-0.3, -0.25) is 4.79 Å². The van der Waals surface area contributed by atoms with E-state index in [0.29, 0.717) is 23.6 Å². The van der Waals surface area contributed by atoms with E-state index in [1.807, 2.05) is 48.5 Å². The summed E-state index contributed by atoms with van der Waals surface area (Å²) >= 11 is 0. The van der Waals surface area contributed by atoms with Crippen molar-refractivity contribution in [3.05, 3.63) is 96.3 Å². The number of rotatable bonds is 6. The Kier molecular flexibility index (Phi) is 5.06. The van der Waals surface area contributed by atoms with Gasteiger partial charge in [-0.15, -0.1) is 5.10 Å². The largest absolute Gasteiger partial charge is 0.489 e. The van der Waals surface area contributed by atoms with Gasteiger partial charge in [0.1, 0.15) is 18.7 Å². The number of nitrogens with one attached hydrogen (secondary N) is 1. The first kappa shape index (κ1) is 17.4. The molecule has 4 aromatic rings. The predicted octanol–water partition coefficient (Wildman–Crippen LogP) is 3.49. The molecule has 0 aliphatic rings. The molecule has 0 spiro atoms. The topological polar surface area (TPSA) is 81.9 Å². The molecule has 0 aliphatic heterocycles. The van der Waals surface area contributed by atoms with Crippen LogP contribution in [-0.4, -0.2) is 26.1 Å². The summed E-state index contributed by atoms with van der Waals surface area (Å²) in [5, 5.41) is 13.9. The summed E-state index contributed by atoms with van der Waals surface area (Å²) in [6.45, 7) is 0.449. The van der Waals surface area contributed by atoms with E-state index in [1.54, 1.807) is 35.0 Å². The van der Waals surface area contributed by atoms with Crippen LogP contribution in [0.5, 0.6) is 5.75 Å². The second-order valence-electron chi connectivity index (χ2n) is 6.06. The lowest BCUT2D eigenvalue weighted by molar-refractivity contribution is 0.102. The van der Waals surface area contributed by atoms with E-state index in [-0.39, 0.29) is 5.91 Å². The normalized spacial score (nSPS) is 10.4. The third-order valence-electron chi connectivity index (χ3n) is 4.08. The van der Waals surface area contributed by atoms with Crippen molar-refractivity contribution in [3.8, 4) is 11.4 Å². The molecule has 0 atom stereocenters. The average Bonchev–Trinajstić information content (AvgIpc) is 3.29. The Morgan fingerprint density at radius 1 is 0.964 bits per heavy atom. The predicted molar refractivity (Wildman–Crippen MR) is 104 cm³/mol. The number of nitrogens with zero attached hydrogens (tertiary/aromatic N) is 4. The maximum absolute atomic E-state index is 12.5. The van der Waals surface area contributed by atoms with Crippen LogP contribution < -0.4 is 10.1 Å². The zero-order valence-electron chi connectivity index (χ0n) is 14.9. The van der Waals surface area contributed by atoms with E-state index in [4.69, 9.17) is 4.74 Å². The second kappa shape index (κ2) is 8.13. The molecule has 28 heavy (non-hydrogen) atoms. The molecule has 1 aromatic heterocycles. The fraction of sp³-hybridized carbons (Fsp3) is 0.0476. The summed E-state index contributed by atoms with van der Waals surface area (Å²) in [7, 11) is 0. The van der Waals surface area contributed by atoms with Gasteiger partial charge in [-0.2, -0.15) is 0 Å². The Labute approximate surface area is 161 Å². The molecule has 0 saturated heterocycles. The van der Waals surface area contributed by atoms with Gasteiger partial charge in [0.15, 0.2) is 0 Å². The Morgan fingerprint density at radius 2 is 1.79 bits per heavy atom. The maximum atomic E-state index is 12.5. The molecular formula is C21H17N5O2. The summed E-state index contributed by atoms with van der Waals surface area (Å²) in [5.74, 6) is 0.436. The fourth-order valence-corrected chi connectivity index (χ4v) is 2.65. The number of hydrogen-bond acceptors (Lipinski definition) is 5. The van der Waals surface area contributed by atoms with Crippen molar-refractivity contribution in [1.82, 2.24) is 20.2 Å². The van der Waals surface area contributed by atoms with E-state index in [1.165, 1.54) is 6.33 Å². The molecule has 4 rings (SSSR count). The second-order valence-corrected chi connectivity index (χ2v) is 6.06. The average molecular weight is 371 g/mol. The molecular weight excluding hydrogens is 354 g/mol. The molecule has 0 fully saturated rings. The first-order valence-corrected chi connectivity index (χ1v) is 8.69. The number of amides is 1. The zero-order valence-corrected chi connectivity index (χ0v) is 14.9. The Bertz CT molecular complexity index is 1050. The molecule has 138 valence electrons. The van der Waals surface area contributed by atoms with Crippen molar-refractivity contribution >= 4 is 11.6 Å². The molecule has 1 heterocycles. The van der Waals surface area contributed by atoms with Gasteiger partial charge in [-0.05, 0) is 58.5 Å². The van der Waals surface area contributed by atoms with Crippen LogP contribution in [0.4, 0.5) is 5.69 Å². The number of ether oxygens (including phenoxy) is 1. The van der Waals surface area contributed by atoms with Crippen molar-refractivity contribution in [3.63, 3.8) is 0 Å². The van der Waals surface area contributed by atoms with Crippen LogP contribution in [0, 0.1) is 0 Å². The Hall–Kier alpha value is -4.00. The van der Waals surface area contributed by atoms with Crippen LogP contribution in [0.3, 0.4) is 0 Å². The van der Waals surface area contributed by atoms with Crippen LogP contribution in [0.15, 0.2) is 85.2 Å². The zero-order chi connectivity index (χ0) is 19.2. The first-order chi connectivity index (χ1) is 13.8. The third-order valence-corrected chi connectivity index (χ3v) is 4.08. The summed E-state index contributed by atoms with van der Waals surface area (Å²) in [6.07, 6.45) is 1.51. The van der Waals surface area contributed by atoms with Crippen molar-refractivity contribution < 1.29 is 9.53 Å². The molecule has 7 nitrogen and oxygen atoms in total. The highest BCUT2D eigenvalue weighted by Gasteiger charge is 2.08. The van der Waals surface area contributed by atoms with Crippen molar-refractivity contribution in [2.75, 3.05) is 5.32 Å². The van der Waals surface area contributed by atoms with Gasteiger partial charge in [-0.25, -0.2) is 4.68 Å². The lowest BCUT2D eigenvalue weighted by atomic mass is 10.2. The van der Waals surface area contributed by atoms with Gasteiger partial charge >= 0.3 is 0 Å². The molecule has 7 heteroatoms. The standard InChI is InChI=1S/C21H17N5O2/c27-21(23-18-9-11-19(12-10-18)26-15-22-24-25-26)17-7-4-8-20(13-17)28-14-16-5-2-1-3-6-16/h1-13,15H,14H2,(H,23,27). The van der Waals surface area contributed by atoms with Crippen molar-refractivity contribution in [2.45, 2.75) is 6.61 Å². The SMILES string of the molecule is O=C(Nc1ccc(-n2cnnn2)cc1)c1cccc(OCc2ccccc2)c1. The number of aromatic nitrogens is 4. The number of tetrazole rings is 1. The van der Waals surface area contributed by atoms with Crippen molar-refractivity contribution in [1.29, 1.82) is 0 Å². The molecule has 0 bridgehead atoms. The Morgan fingerprint density at radius 3 is 2.54 bits per heavy atom. The van der Waals surface area contributed by atoms with E-state index in [0.717, 1.165) is 11.3 Å². The van der Waals surface area contributed by atoms with E-state index < -0.39 is 0 Å². The monoisotopic (exact) mass is 371 g/mol. The molecule has 1 amide bonds. The smallest absolute Gasteiger partial charge is 0.255 e. The van der Waals surface area contributed by atoms with Crippen molar-refractivity contribution in [2.24, 2.45) is 0 Å². The number of hydrogen-bond donors (Lipinski definition) is 1. The summed E-state index contributed by atoms with van der Waals surface area (Å²) in [4.78, 5) is 12.5. The van der Waals surface area contributed by atoms with Crippen LogP contribution in [-0.2, 0) is 6.61 Å². The first-order valence-electron chi connectivity index (χ1n) is 8.69. The summed E-state index contributed by atoms with van der Waals surface area (Å²) in [6, 6.07) is 24.2. The molecule has 3 aromatic carbocycles. The molecule has 1 N–H and O–H groups in total. The van der Waals surface area contributed by atoms with Crippen LogP contribution in [0.2, 0.25) is 0 Å². The highest BCUT2D eigenvalue weighted by atomic mass is 16.5. The molecule has 0 aliphatic carbocycles. The maximum Gasteiger partial charge on any atom is 0.255 e. The third kappa shape index (κ3) is 4.21. The summed E-state index contributed by atoms with van der Waals surface area (Å²) in [5.41, 5.74) is 3.08. The van der Waals surface area contributed by atoms with Crippen LogP contribution >= 0.6 is 0 Å². The molecule has 0 unspecified atom stereocenters. The fourth-order valence-electron chi connectivity index (χ4n) is 2.65. The van der Waals surface area contributed by atoms with E-state index in [2.05, 4.69) is 20.8 Å². The quantitative estimate of drug-likeness (QED) is 0.561. The number of anilines is 1. The highest BCUT2D eigenvalue weighted by Crippen LogP contribution is 2.18. The molecule has 0 saturated carbocycles. The van der Waals surface area contributed by atoms with Crippen LogP contribution in [0.25, 0.3) is 5.69 Å². The minimum Gasteiger partial charge on any atom is -0.489 e. The number of benzene rings is 3. The van der Waals surface area contributed by atoms with Crippen LogP contribution in [0.1, 0.15) is 15.9 Å².